The summed E-state index contributed by atoms with van der Waals surface area (Å²) < 4.78 is 37.4. The van der Waals surface area contributed by atoms with Gasteiger partial charge in [-0.1, -0.05) is 0 Å². The van der Waals surface area contributed by atoms with Crippen LogP contribution in [-0.4, -0.2) is 33.5 Å². The number of anilines is 1. The summed E-state index contributed by atoms with van der Waals surface area (Å²) in [7, 11) is 0. The highest BCUT2D eigenvalue weighted by atomic mass is 19.4. The fraction of sp³-hybridized carbons (Fsp3) is 0.400. The first-order valence-corrected chi connectivity index (χ1v) is 5.22. The molecule has 1 aliphatic heterocycles. The van der Waals surface area contributed by atoms with E-state index in [0.717, 1.165) is 11.1 Å². The van der Waals surface area contributed by atoms with Gasteiger partial charge in [-0.3, -0.25) is 14.5 Å². The fourth-order valence-corrected chi connectivity index (χ4v) is 1.70. The van der Waals surface area contributed by atoms with Crippen LogP contribution in [0.5, 0.6) is 0 Å². The molecule has 2 rings (SSSR count). The molecule has 1 saturated heterocycles. The van der Waals surface area contributed by atoms with Crippen molar-refractivity contribution in [2.45, 2.75) is 12.6 Å². The molecule has 0 aromatic carbocycles. The lowest BCUT2D eigenvalue weighted by molar-refractivity contribution is -0.142. The van der Waals surface area contributed by atoms with Crippen molar-refractivity contribution in [3.05, 3.63) is 18.0 Å². The molecule has 19 heavy (non-hydrogen) atoms. The van der Waals surface area contributed by atoms with E-state index >= 15 is 0 Å². The molecule has 9 heteroatoms. The third kappa shape index (κ3) is 2.64. The van der Waals surface area contributed by atoms with Crippen LogP contribution in [0.25, 0.3) is 0 Å². The Bertz CT molecular complexity index is 532. The number of aromatic nitrogens is 2. The number of nitrogens with zero attached hydrogens (tertiary/aromatic N) is 3. The maximum absolute atomic E-state index is 12.5. The number of rotatable bonds is 2. The van der Waals surface area contributed by atoms with E-state index in [1.54, 1.807) is 0 Å². The number of carboxylic acids is 1. The third-order valence-corrected chi connectivity index (χ3v) is 2.65. The average Bonchev–Trinajstić information content (AvgIpc) is 2.71. The lowest BCUT2D eigenvalue weighted by Crippen LogP contribution is -2.28. The minimum atomic E-state index is -4.65. The average molecular weight is 275 g/mol. The van der Waals surface area contributed by atoms with Crippen LogP contribution in [0.3, 0.4) is 0 Å². The predicted molar refractivity (Wildman–Crippen MR) is 55.1 cm³/mol. The van der Waals surface area contributed by atoms with Gasteiger partial charge in [0.05, 0.1) is 5.92 Å². The molecule has 1 fully saturated rings. The van der Waals surface area contributed by atoms with Gasteiger partial charge < -0.3 is 5.11 Å². The highest BCUT2D eigenvalue weighted by Gasteiger charge is 2.38. The minimum Gasteiger partial charge on any atom is -0.481 e. The molecule has 6 nitrogen and oxygen atoms in total. The van der Waals surface area contributed by atoms with Crippen LogP contribution in [0, 0.1) is 5.92 Å². The van der Waals surface area contributed by atoms with Crippen LogP contribution in [-0.2, 0) is 15.8 Å². The van der Waals surface area contributed by atoms with Gasteiger partial charge in [0.1, 0.15) is 5.69 Å². The fourth-order valence-electron chi connectivity index (χ4n) is 1.70. The Kier molecular flexibility index (Phi) is 3.13. The van der Waals surface area contributed by atoms with Crippen molar-refractivity contribution in [3.8, 4) is 0 Å². The van der Waals surface area contributed by atoms with E-state index in [9.17, 15) is 22.8 Å². The molecule has 1 aromatic rings. The summed E-state index contributed by atoms with van der Waals surface area (Å²) in [5, 5.41) is 8.78. The zero-order valence-electron chi connectivity index (χ0n) is 9.39. The number of carbonyl (C=O) groups is 2. The number of hydrogen-bond donors (Lipinski definition) is 1. The smallest absolute Gasteiger partial charge is 0.433 e. The second kappa shape index (κ2) is 4.48. The molecule has 2 heterocycles. The summed E-state index contributed by atoms with van der Waals surface area (Å²) in [6.07, 6.45) is -4.03. The molecule has 1 amide bonds. The standard InChI is InChI=1S/C10H8F3N3O3/c11-10(12,13)6-1-2-14-9(15-6)16-4-5(8(18)19)3-7(16)17/h1-2,5H,3-4H2,(H,18,19). The second-order valence-corrected chi connectivity index (χ2v) is 3.98. The summed E-state index contributed by atoms with van der Waals surface area (Å²) in [5.74, 6) is -3.16. The molecular weight excluding hydrogens is 267 g/mol. The van der Waals surface area contributed by atoms with Crippen LogP contribution >= 0.6 is 0 Å². The van der Waals surface area contributed by atoms with Crippen molar-refractivity contribution < 1.29 is 27.9 Å². The number of carbonyl (C=O) groups excluding carboxylic acids is 1. The number of alkyl halides is 3. The van der Waals surface area contributed by atoms with Crippen LogP contribution in [0.1, 0.15) is 12.1 Å². The van der Waals surface area contributed by atoms with Gasteiger partial charge in [-0.25, -0.2) is 9.97 Å². The number of carboxylic acid groups (broad SMARTS) is 1. The Balaban J connectivity index is 2.28. The van der Waals surface area contributed by atoms with E-state index in [1.165, 1.54) is 0 Å². The van der Waals surface area contributed by atoms with Crippen molar-refractivity contribution >= 4 is 17.8 Å². The molecule has 1 aliphatic rings. The quantitative estimate of drug-likeness (QED) is 0.868. The molecule has 1 unspecified atom stereocenters. The van der Waals surface area contributed by atoms with Gasteiger partial charge >= 0.3 is 12.1 Å². The molecule has 0 saturated carbocycles. The van der Waals surface area contributed by atoms with Crippen molar-refractivity contribution in [1.29, 1.82) is 0 Å². The van der Waals surface area contributed by atoms with Gasteiger partial charge in [-0.2, -0.15) is 13.2 Å². The van der Waals surface area contributed by atoms with Crippen LogP contribution in [0.2, 0.25) is 0 Å². The van der Waals surface area contributed by atoms with E-state index < -0.39 is 35.6 Å². The van der Waals surface area contributed by atoms with Crippen molar-refractivity contribution in [2.75, 3.05) is 11.4 Å². The van der Waals surface area contributed by atoms with Gasteiger partial charge in [0, 0.05) is 19.2 Å². The molecule has 0 radical (unpaired) electrons. The number of halogens is 3. The Hall–Kier alpha value is -2.19. The van der Waals surface area contributed by atoms with Crippen molar-refractivity contribution in [1.82, 2.24) is 9.97 Å². The Labute approximate surface area is 104 Å². The molecule has 1 aromatic heterocycles. The summed E-state index contributed by atoms with van der Waals surface area (Å²) in [6, 6.07) is 0.679. The van der Waals surface area contributed by atoms with Gasteiger partial charge in [0.2, 0.25) is 11.9 Å². The lowest BCUT2D eigenvalue weighted by Gasteiger charge is -2.15. The van der Waals surface area contributed by atoms with E-state index in [2.05, 4.69) is 9.97 Å². The highest BCUT2D eigenvalue weighted by molar-refractivity contribution is 5.97. The summed E-state index contributed by atoms with van der Waals surface area (Å²) in [5.41, 5.74) is -1.18. The Morgan fingerprint density at radius 3 is 2.68 bits per heavy atom. The Morgan fingerprint density at radius 1 is 1.47 bits per heavy atom. The molecule has 102 valence electrons. The number of aliphatic carboxylic acids is 1. The Morgan fingerprint density at radius 2 is 2.16 bits per heavy atom. The van der Waals surface area contributed by atoms with Gasteiger partial charge in [-0.15, -0.1) is 0 Å². The zero-order chi connectivity index (χ0) is 14.2. The summed E-state index contributed by atoms with van der Waals surface area (Å²) in [4.78, 5) is 30.0. The molecule has 1 atom stereocenters. The summed E-state index contributed by atoms with van der Waals surface area (Å²) in [6.45, 7) is -0.227. The first-order chi connectivity index (χ1) is 8.79. The van der Waals surface area contributed by atoms with E-state index in [-0.39, 0.29) is 13.0 Å². The maximum atomic E-state index is 12.5. The third-order valence-electron chi connectivity index (χ3n) is 2.65. The highest BCUT2D eigenvalue weighted by Crippen LogP contribution is 2.29. The van der Waals surface area contributed by atoms with Gasteiger partial charge in [-0.05, 0) is 6.07 Å². The molecule has 1 N–H and O–H groups in total. The SMILES string of the molecule is O=C(O)C1CC(=O)N(c2nccc(C(F)(F)F)n2)C1. The van der Waals surface area contributed by atoms with Crippen molar-refractivity contribution in [3.63, 3.8) is 0 Å². The predicted octanol–water partition coefficient (Wildman–Crippen LogP) is 0.933. The number of hydrogen-bond acceptors (Lipinski definition) is 4. The van der Waals surface area contributed by atoms with E-state index in [1.807, 2.05) is 0 Å². The van der Waals surface area contributed by atoms with Gasteiger partial charge in [0.25, 0.3) is 0 Å². The summed E-state index contributed by atoms with van der Waals surface area (Å²) >= 11 is 0. The topological polar surface area (TPSA) is 83.4 Å². The largest absolute Gasteiger partial charge is 0.481 e. The van der Waals surface area contributed by atoms with Crippen molar-refractivity contribution in [2.24, 2.45) is 5.92 Å². The monoisotopic (exact) mass is 275 g/mol. The first kappa shape index (κ1) is 13.2. The van der Waals surface area contributed by atoms with Crippen LogP contribution in [0.15, 0.2) is 12.3 Å². The lowest BCUT2D eigenvalue weighted by atomic mass is 10.1. The van der Waals surface area contributed by atoms with Crippen LogP contribution in [0.4, 0.5) is 19.1 Å². The molecular formula is C10H8F3N3O3. The van der Waals surface area contributed by atoms with Crippen LogP contribution < -0.4 is 4.90 Å². The van der Waals surface area contributed by atoms with E-state index in [0.29, 0.717) is 6.07 Å². The maximum Gasteiger partial charge on any atom is 0.433 e. The molecule has 0 aliphatic carbocycles. The normalized spacial score (nSPS) is 19.8. The minimum absolute atomic E-state index is 0.227. The molecule has 0 bridgehead atoms. The second-order valence-electron chi connectivity index (χ2n) is 3.98. The molecule has 0 spiro atoms. The van der Waals surface area contributed by atoms with E-state index in [4.69, 9.17) is 5.11 Å². The first-order valence-electron chi connectivity index (χ1n) is 5.22. The zero-order valence-corrected chi connectivity index (χ0v) is 9.39. The van der Waals surface area contributed by atoms with Gasteiger partial charge in [0.15, 0.2) is 0 Å². The number of amides is 1.